The van der Waals surface area contributed by atoms with Crippen LogP contribution in [0.15, 0.2) is 0 Å². The number of aliphatic hydroxyl groups excluding tert-OH is 3. The summed E-state index contributed by atoms with van der Waals surface area (Å²) < 4.78 is 64.6. The van der Waals surface area contributed by atoms with Crippen molar-refractivity contribution >= 4 is 7.32 Å². The minimum absolute atomic E-state index is 0.00550. The van der Waals surface area contributed by atoms with Crippen LogP contribution in [0.5, 0.6) is 0 Å². The summed E-state index contributed by atoms with van der Waals surface area (Å²) in [4.78, 5) is 0. The monoisotopic (exact) mass is 590 g/mol. The molecule has 16 heteroatoms. The van der Waals surface area contributed by atoms with Crippen molar-refractivity contribution in [2.75, 3.05) is 159 Å². The van der Waals surface area contributed by atoms with E-state index in [1.165, 1.54) is 0 Å². The molecule has 0 aliphatic heterocycles. The highest BCUT2D eigenvalue weighted by Crippen LogP contribution is 1.95. The lowest BCUT2D eigenvalue weighted by Gasteiger charge is -2.15. The van der Waals surface area contributed by atoms with E-state index in [-0.39, 0.29) is 39.6 Å². The standard InChI is InChI=1S/C24H51BO15/c26-1-4-29-7-10-32-13-16-35-19-22-38-25(39-23-20-36-17-14-33-11-8-30-5-2-27)40-24-21-37-18-15-34-12-9-31-6-3-28/h26-28H,1-24H2. The van der Waals surface area contributed by atoms with Gasteiger partial charge in [-0.05, 0) is 0 Å². The minimum atomic E-state index is -0.907. The first-order chi connectivity index (χ1) is 19.8. The summed E-state index contributed by atoms with van der Waals surface area (Å²) in [5, 5.41) is 25.9. The summed E-state index contributed by atoms with van der Waals surface area (Å²) in [5.41, 5.74) is 0. The van der Waals surface area contributed by atoms with E-state index in [4.69, 9.17) is 71.9 Å². The zero-order valence-electron chi connectivity index (χ0n) is 23.8. The summed E-state index contributed by atoms with van der Waals surface area (Å²) in [5.74, 6) is 0. The van der Waals surface area contributed by atoms with Gasteiger partial charge in [-0.25, -0.2) is 0 Å². The van der Waals surface area contributed by atoms with E-state index < -0.39 is 7.32 Å². The molecule has 0 amide bonds. The van der Waals surface area contributed by atoms with Crippen LogP contribution < -0.4 is 0 Å². The highest BCUT2D eigenvalue weighted by Gasteiger charge is 2.21. The Bertz CT molecular complexity index is 395. The fourth-order valence-electron chi connectivity index (χ4n) is 2.57. The van der Waals surface area contributed by atoms with Crippen molar-refractivity contribution in [2.45, 2.75) is 0 Å². The predicted octanol–water partition coefficient (Wildman–Crippen LogP) is -1.85. The van der Waals surface area contributed by atoms with Crippen LogP contribution in [-0.4, -0.2) is 181 Å². The Labute approximate surface area is 238 Å². The van der Waals surface area contributed by atoms with E-state index in [1.54, 1.807) is 0 Å². The second kappa shape index (κ2) is 36.5. The van der Waals surface area contributed by atoms with Crippen molar-refractivity contribution in [3.8, 4) is 0 Å². The fourth-order valence-corrected chi connectivity index (χ4v) is 2.57. The van der Waals surface area contributed by atoms with Gasteiger partial charge in [0.05, 0.1) is 159 Å². The maximum atomic E-state index is 8.63. The van der Waals surface area contributed by atoms with Crippen molar-refractivity contribution in [3.05, 3.63) is 0 Å². The average molecular weight is 590 g/mol. The first-order valence-corrected chi connectivity index (χ1v) is 13.7. The normalized spacial score (nSPS) is 11.5. The summed E-state index contributed by atoms with van der Waals surface area (Å²) in [7, 11) is -0.907. The van der Waals surface area contributed by atoms with E-state index in [9.17, 15) is 0 Å². The molecule has 40 heavy (non-hydrogen) atoms. The summed E-state index contributed by atoms with van der Waals surface area (Å²) >= 11 is 0. The van der Waals surface area contributed by atoms with Crippen molar-refractivity contribution in [1.29, 1.82) is 0 Å². The molecule has 0 spiro atoms. The third-order valence-corrected chi connectivity index (χ3v) is 4.38. The van der Waals surface area contributed by atoms with E-state index in [0.29, 0.717) is 119 Å². The first-order valence-electron chi connectivity index (χ1n) is 13.7. The Kier molecular flexibility index (Phi) is 36.0. The second-order valence-corrected chi connectivity index (χ2v) is 7.58. The molecule has 0 atom stereocenters. The van der Waals surface area contributed by atoms with E-state index in [1.807, 2.05) is 0 Å². The molecule has 0 heterocycles. The van der Waals surface area contributed by atoms with E-state index in [0.717, 1.165) is 0 Å². The Hall–Kier alpha value is -0.535. The Balaban J connectivity index is 3.89. The molecule has 0 radical (unpaired) electrons. The Morgan fingerprint density at radius 2 is 0.425 bits per heavy atom. The van der Waals surface area contributed by atoms with Gasteiger partial charge in [-0.1, -0.05) is 0 Å². The smallest absolute Gasteiger partial charge is 0.394 e. The number of hydrogen-bond acceptors (Lipinski definition) is 15. The Morgan fingerprint density at radius 1 is 0.250 bits per heavy atom. The van der Waals surface area contributed by atoms with Crippen LogP contribution in [0.3, 0.4) is 0 Å². The first kappa shape index (κ1) is 39.5. The van der Waals surface area contributed by atoms with Crippen LogP contribution in [0.2, 0.25) is 0 Å². The third-order valence-electron chi connectivity index (χ3n) is 4.38. The molecule has 0 aliphatic rings. The van der Waals surface area contributed by atoms with Crippen molar-refractivity contribution in [3.63, 3.8) is 0 Å². The van der Waals surface area contributed by atoms with Crippen LogP contribution in [-0.2, 0) is 56.6 Å². The van der Waals surface area contributed by atoms with Gasteiger partial charge in [0, 0.05) is 0 Å². The molecule has 0 bridgehead atoms. The molecule has 0 aromatic rings. The largest absolute Gasteiger partial charge is 0.639 e. The maximum absolute atomic E-state index is 8.63. The molecule has 0 unspecified atom stereocenters. The molecule has 0 aromatic carbocycles. The molecule has 15 nitrogen and oxygen atoms in total. The molecule has 3 N–H and O–H groups in total. The summed E-state index contributed by atoms with van der Waals surface area (Å²) in [6.45, 7) is 7.71. The molecule has 0 aromatic heterocycles. The van der Waals surface area contributed by atoms with Gasteiger partial charge in [-0.3, -0.25) is 0 Å². The van der Waals surface area contributed by atoms with Gasteiger partial charge in [0.2, 0.25) is 0 Å². The van der Waals surface area contributed by atoms with Gasteiger partial charge in [-0.2, -0.15) is 0 Å². The molecule has 240 valence electrons. The van der Waals surface area contributed by atoms with Crippen molar-refractivity contribution < 1.29 is 71.9 Å². The van der Waals surface area contributed by atoms with Gasteiger partial charge in [-0.15, -0.1) is 0 Å². The SMILES string of the molecule is OCCOCCOCCOCCOB(OCCOCCOCCOCCO)OCCOCCOCCOCCO. The highest BCUT2D eigenvalue weighted by molar-refractivity contribution is 6.36. The summed E-state index contributed by atoms with van der Waals surface area (Å²) in [6, 6.07) is 0. The van der Waals surface area contributed by atoms with Gasteiger partial charge >= 0.3 is 7.32 Å². The number of rotatable bonds is 36. The minimum Gasteiger partial charge on any atom is -0.394 e. The predicted molar refractivity (Wildman–Crippen MR) is 142 cm³/mol. The lowest BCUT2D eigenvalue weighted by Crippen LogP contribution is -2.32. The van der Waals surface area contributed by atoms with Gasteiger partial charge in [0.15, 0.2) is 0 Å². The second-order valence-electron chi connectivity index (χ2n) is 7.58. The van der Waals surface area contributed by atoms with Gasteiger partial charge in [0.1, 0.15) is 0 Å². The van der Waals surface area contributed by atoms with Crippen LogP contribution in [0.1, 0.15) is 0 Å². The molecular weight excluding hydrogens is 539 g/mol. The van der Waals surface area contributed by atoms with Crippen molar-refractivity contribution in [1.82, 2.24) is 0 Å². The topological polar surface area (TPSA) is 171 Å². The quantitative estimate of drug-likeness (QED) is 0.0548. The lowest BCUT2D eigenvalue weighted by atomic mass is 10.2. The zero-order chi connectivity index (χ0) is 29.0. The summed E-state index contributed by atoms with van der Waals surface area (Å²) in [6.07, 6.45) is 0. The molecular formula is C24H51BO15. The van der Waals surface area contributed by atoms with Crippen LogP contribution >= 0.6 is 0 Å². The molecule has 0 saturated heterocycles. The average Bonchev–Trinajstić information content (AvgIpc) is 2.97. The maximum Gasteiger partial charge on any atom is 0.639 e. The third kappa shape index (κ3) is 33.7. The number of ether oxygens (including phenoxy) is 9. The fraction of sp³-hybridized carbons (Fsp3) is 1.00. The molecule has 0 rings (SSSR count). The van der Waals surface area contributed by atoms with Crippen LogP contribution in [0.4, 0.5) is 0 Å². The van der Waals surface area contributed by atoms with Crippen LogP contribution in [0.25, 0.3) is 0 Å². The molecule has 0 saturated carbocycles. The van der Waals surface area contributed by atoms with Gasteiger partial charge < -0.3 is 71.9 Å². The van der Waals surface area contributed by atoms with Crippen LogP contribution in [0, 0.1) is 0 Å². The van der Waals surface area contributed by atoms with E-state index >= 15 is 0 Å². The number of aliphatic hydroxyl groups is 3. The Morgan fingerprint density at radius 3 is 0.625 bits per heavy atom. The molecule has 0 fully saturated rings. The van der Waals surface area contributed by atoms with E-state index in [2.05, 4.69) is 0 Å². The zero-order valence-corrected chi connectivity index (χ0v) is 23.8. The lowest BCUT2D eigenvalue weighted by molar-refractivity contribution is -0.0152. The van der Waals surface area contributed by atoms with Gasteiger partial charge in [0.25, 0.3) is 0 Å². The highest BCUT2D eigenvalue weighted by atomic mass is 16.7. The van der Waals surface area contributed by atoms with Crippen molar-refractivity contribution in [2.24, 2.45) is 0 Å². The molecule has 0 aliphatic carbocycles. The number of hydrogen-bond donors (Lipinski definition) is 3.